The zero-order valence-electron chi connectivity index (χ0n) is 15.7. The molecule has 1 heterocycles. The van der Waals surface area contributed by atoms with Crippen molar-refractivity contribution >= 4 is 17.6 Å². The SMILES string of the molecule is CCNC(=NCCc1ccncc1C)NCCc1ccc(OC)cc1Cl. The maximum Gasteiger partial charge on any atom is 0.191 e. The van der Waals surface area contributed by atoms with E-state index in [0.717, 1.165) is 54.8 Å². The predicted octanol–water partition coefficient (Wildman–Crippen LogP) is 3.39. The van der Waals surface area contributed by atoms with E-state index in [0.29, 0.717) is 0 Å². The summed E-state index contributed by atoms with van der Waals surface area (Å²) in [6.07, 6.45) is 5.43. The van der Waals surface area contributed by atoms with E-state index in [1.807, 2.05) is 30.6 Å². The highest BCUT2D eigenvalue weighted by molar-refractivity contribution is 6.31. The van der Waals surface area contributed by atoms with E-state index in [1.54, 1.807) is 7.11 Å². The van der Waals surface area contributed by atoms with Crippen molar-refractivity contribution in [1.82, 2.24) is 15.6 Å². The molecule has 5 nitrogen and oxygen atoms in total. The summed E-state index contributed by atoms with van der Waals surface area (Å²) in [5, 5.41) is 7.36. The van der Waals surface area contributed by atoms with Crippen LogP contribution in [0.1, 0.15) is 23.6 Å². The second-order valence-electron chi connectivity index (χ2n) is 5.95. The zero-order chi connectivity index (χ0) is 18.8. The molecule has 0 aliphatic heterocycles. The third-order valence-electron chi connectivity index (χ3n) is 4.08. The Balaban J connectivity index is 1.86. The number of aryl methyl sites for hydroxylation is 1. The predicted molar refractivity (Wildman–Crippen MR) is 108 cm³/mol. The Morgan fingerprint density at radius 1 is 1.19 bits per heavy atom. The lowest BCUT2D eigenvalue weighted by molar-refractivity contribution is 0.414. The number of rotatable bonds is 8. The number of halogens is 1. The molecular formula is C20H27ClN4O. The number of aliphatic imine (C=N–C) groups is 1. The zero-order valence-corrected chi connectivity index (χ0v) is 16.4. The average Bonchev–Trinajstić information content (AvgIpc) is 2.64. The molecule has 0 saturated carbocycles. The first-order valence-electron chi connectivity index (χ1n) is 8.88. The minimum Gasteiger partial charge on any atom is -0.497 e. The van der Waals surface area contributed by atoms with E-state index in [4.69, 9.17) is 16.3 Å². The van der Waals surface area contributed by atoms with Crippen molar-refractivity contribution in [2.45, 2.75) is 26.7 Å². The van der Waals surface area contributed by atoms with Gasteiger partial charge in [-0.25, -0.2) is 0 Å². The van der Waals surface area contributed by atoms with E-state index in [-0.39, 0.29) is 0 Å². The molecule has 0 unspecified atom stereocenters. The molecule has 2 aromatic rings. The smallest absolute Gasteiger partial charge is 0.191 e. The van der Waals surface area contributed by atoms with Gasteiger partial charge in [0.05, 0.1) is 7.11 Å². The van der Waals surface area contributed by atoms with E-state index < -0.39 is 0 Å². The van der Waals surface area contributed by atoms with Crippen LogP contribution in [-0.2, 0) is 12.8 Å². The second-order valence-corrected chi connectivity index (χ2v) is 6.35. The number of pyridine rings is 1. The van der Waals surface area contributed by atoms with Crippen molar-refractivity contribution in [3.63, 3.8) is 0 Å². The Morgan fingerprint density at radius 3 is 2.73 bits per heavy atom. The van der Waals surface area contributed by atoms with Crippen LogP contribution in [0, 0.1) is 6.92 Å². The van der Waals surface area contributed by atoms with Gasteiger partial charge < -0.3 is 15.4 Å². The summed E-state index contributed by atoms with van der Waals surface area (Å²) in [6, 6.07) is 7.82. The summed E-state index contributed by atoms with van der Waals surface area (Å²) in [5.41, 5.74) is 3.57. The molecule has 26 heavy (non-hydrogen) atoms. The van der Waals surface area contributed by atoms with Gasteiger partial charge in [0.2, 0.25) is 0 Å². The Labute approximate surface area is 160 Å². The normalized spacial score (nSPS) is 11.3. The number of nitrogens with one attached hydrogen (secondary N) is 2. The molecule has 0 bridgehead atoms. The number of methoxy groups -OCH3 is 1. The first-order chi connectivity index (χ1) is 12.6. The van der Waals surface area contributed by atoms with Crippen molar-refractivity contribution in [3.8, 4) is 5.75 Å². The highest BCUT2D eigenvalue weighted by atomic mass is 35.5. The maximum absolute atomic E-state index is 6.29. The maximum atomic E-state index is 6.29. The Kier molecular flexibility index (Phi) is 8.22. The molecule has 0 amide bonds. The van der Waals surface area contributed by atoms with Gasteiger partial charge in [-0.05, 0) is 61.6 Å². The molecule has 2 N–H and O–H groups in total. The van der Waals surface area contributed by atoms with Crippen LogP contribution in [0.5, 0.6) is 5.75 Å². The van der Waals surface area contributed by atoms with Gasteiger partial charge in [0, 0.05) is 37.1 Å². The fourth-order valence-electron chi connectivity index (χ4n) is 2.59. The monoisotopic (exact) mass is 374 g/mol. The largest absolute Gasteiger partial charge is 0.497 e. The summed E-state index contributed by atoms with van der Waals surface area (Å²) in [7, 11) is 1.64. The molecule has 0 spiro atoms. The van der Waals surface area contributed by atoms with Crippen LogP contribution >= 0.6 is 11.6 Å². The fraction of sp³-hybridized carbons (Fsp3) is 0.400. The summed E-state index contributed by atoms with van der Waals surface area (Å²) >= 11 is 6.29. The number of benzene rings is 1. The summed E-state index contributed by atoms with van der Waals surface area (Å²) in [6.45, 7) is 6.44. The molecular weight excluding hydrogens is 348 g/mol. The van der Waals surface area contributed by atoms with Gasteiger partial charge in [0.15, 0.2) is 5.96 Å². The first kappa shape index (κ1) is 20.0. The van der Waals surface area contributed by atoms with Crippen LogP contribution in [0.2, 0.25) is 5.02 Å². The van der Waals surface area contributed by atoms with Crippen LogP contribution in [0.25, 0.3) is 0 Å². The minimum atomic E-state index is 0.723. The van der Waals surface area contributed by atoms with Gasteiger partial charge in [-0.1, -0.05) is 17.7 Å². The first-order valence-corrected chi connectivity index (χ1v) is 9.26. The molecule has 140 valence electrons. The molecule has 1 aromatic heterocycles. The number of ether oxygens (including phenoxy) is 1. The summed E-state index contributed by atoms with van der Waals surface area (Å²) in [4.78, 5) is 8.78. The number of nitrogens with zero attached hydrogens (tertiary/aromatic N) is 2. The molecule has 2 rings (SSSR count). The Morgan fingerprint density at radius 2 is 2.04 bits per heavy atom. The van der Waals surface area contributed by atoms with Crippen LogP contribution in [0.4, 0.5) is 0 Å². The van der Waals surface area contributed by atoms with E-state index in [1.165, 1.54) is 11.1 Å². The van der Waals surface area contributed by atoms with Gasteiger partial charge in [-0.3, -0.25) is 9.98 Å². The highest BCUT2D eigenvalue weighted by Crippen LogP contribution is 2.22. The van der Waals surface area contributed by atoms with Crippen LogP contribution in [-0.4, -0.2) is 37.7 Å². The minimum absolute atomic E-state index is 0.723. The summed E-state index contributed by atoms with van der Waals surface area (Å²) < 4.78 is 5.18. The van der Waals surface area contributed by atoms with Crippen LogP contribution in [0.15, 0.2) is 41.7 Å². The molecule has 1 aromatic carbocycles. The van der Waals surface area contributed by atoms with Crippen molar-refractivity contribution < 1.29 is 4.74 Å². The van der Waals surface area contributed by atoms with Crippen molar-refractivity contribution in [2.75, 3.05) is 26.7 Å². The molecule has 6 heteroatoms. The second kappa shape index (κ2) is 10.7. The third kappa shape index (κ3) is 6.23. The summed E-state index contributed by atoms with van der Waals surface area (Å²) in [5.74, 6) is 1.59. The third-order valence-corrected chi connectivity index (χ3v) is 4.43. The molecule has 0 saturated heterocycles. The number of guanidine groups is 1. The lowest BCUT2D eigenvalue weighted by Gasteiger charge is -2.12. The average molecular weight is 375 g/mol. The van der Waals surface area contributed by atoms with Gasteiger partial charge in [-0.15, -0.1) is 0 Å². The standard InChI is InChI=1S/C20H27ClN4O/c1-4-23-20(24-11-8-16-7-10-22-14-15(16)2)25-12-9-17-5-6-18(26-3)13-19(17)21/h5-7,10,13-14H,4,8-9,11-12H2,1-3H3,(H2,23,24,25). The molecule has 0 aliphatic carbocycles. The van der Waals surface area contributed by atoms with Gasteiger partial charge in [0.1, 0.15) is 5.75 Å². The number of hydrogen-bond donors (Lipinski definition) is 2. The molecule has 0 fully saturated rings. The number of aromatic nitrogens is 1. The molecule has 0 atom stereocenters. The van der Waals surface area contributed by atoms with E-state index >= 15 is 0 Å². The van der Waals surface area contributed by atoms with Crippen LogP contribution in [0.3, 0.4) is 0 Å². The fourth-order valence-corrected chi connectivity index (χ4v) is 2.85. The van der Waals surface area contributed by atoms with Crippen molar-refractivity contribution in [1.29, 1.82) is 0 Å². The van der Waals surface area contributed by atoms with Gasteiger partial charge in [-0.2, -0.15) is 0 Å². The topological polar surface area (TPSA) is 58.5 Å². The van der Waals surface area contributed by atoms with Gasteiger partial charge in [0.25, 0.3) is 0 Å². The Bertz CT molecular complexity index is 734. The van der Waals surface area contributed by atoms with Crippen LogP contribution < -0.4 is 15.4 Å². The lowest BCUT2D eigenvalue weighted by atomic mass is 10.1. The molecule has 0 aliphatic rings. The molecule has 0 radical (unpaired) electrons. The quantitative estimate of drug-likeness (QED) is 0.549. The lowest BCUT2D eigenvalue weighted by Crippen LogP contribution is -2.38. The Hall–Kier alpha value is -2.27. The van der Waals surface area contributed by atoms with E-state index in [9.17, 15) is 0 Å². The van der Waals surface area contributed by atoms with Crippen molar-refractivity contribution in [2.24, 2.45) is 4.99 Å². The van der Waals surface area contributed by atoms with Gasteiger partial charge >= 0.3 is 0 Å². The number of hydrogen-bond acceptors (Lipinski definition) is 3. The van der Waals surface area contributed by atoms with E-state index in [2.05, 4.69) is 40.5 Å². The van der Waals surface area contributed by atoms with Crippen molar-refractivity contribution in [3.05, 3.63) is 58.4 Å². The highest BCUT2D eigenvalue weighted by Gasteiger charge is 2.04.